The van der Waals surface area contributed by atoms with Gasteiger partial charge in [0.05, 0.1) is 11.2 Å². The van der Waals surface area contributed by atoms with Gasteiger partial charge in [-0.2, -0.15) is 0 Å². The maximum Gasteiger partial charge on any atom is 0.0705 e. The summed E-state index contributed by atoms with van der Waals surface area (Å²) in [4.78, 5) is 5.08. The molecule has 0 radical (unpaired) electrons. The molecule has 0 bridgehead atoms. The Bertz CT molecular complexity index is 770. The van der Waals surface area contributed by atoms with Gasteiger partial charge in [-0.1, -0.05) is 67.8 Å². The Hall–Kier alpha value is -2.15. The second kappa shape index (κ2) is 5.92. The first kappa shape index (κ1) is 13.5. The molecule has 3 aromatic rings. The van der Waals surface area contributed by atoms with Gasteiger partial charge in [-0.3, -0.25) is 4.98 Å². The van der Waals surface area contributed by atoms with Gasteiger partial charge in [-0.15, -0.1) is 0 Å². The zero-order valence-electron chi connectivity index (χ0n) is 12.8. The molecule has 1 aliphatic rings. The minimum Gasteiger partial charge on any atom is -0.252 e. The van der Waals surface area contributed by atoms with Crippen LogP contribution in [0.1, 0.15) is 43.7 Å². The zero-order valence-corrected chi connectivity index (χ0v) is 12.8. The summed E-state index contributed by atoms with van der Waals surface area (Å²) in [5.74, 6) is 0.619. The van der Waals surface area contributed by atoms with Crippen molar-refractivity contribution < 1.29 is 0 Å². The molecule has 0 N–H and O–H groups in total. The Balaban J connectivity index is 1.91. The van der Waals surface area contributed by atoms with Crippen molar-refractivity contribution in [3.05, 3.63) is 66.4 Å². The molecule has 110 valence electrons. The molecule has 1 fully saturated rings. The second-order valence-corrected chi connectivity index (χ2v) is 6.31. The maximum absolute atomic E-state index is 5.08. The molecule has 0 spiro atoms. The maximum atomic E-state index is 5.08. The smallest absolute Gasteiger partial charge is 0.0705 e. The molecule has 0 atom stereocenters. The zero-order chi connectivity index (χ0) is 14.8. The highest BCUT2D eigenvalue weighted by Gasteiger charge is 2.21. The average Bonchev–Trinajstić information content (AvgIpc) is 2.62. The lowest BCUT2D eigenvalue weighted by Gasteiger charge is -2.24. The highest BCUT2D eigenvalue weighted by molar-refractivity contribution is 5.85. The number of aromatic nitrogens is 1. The van der Waals surface area contributed by atoms with E-state index in [1.54, 1.807) is 0 Å². The number of para-hydroxylation sites is 1. The fraction of sp³-hybridized carbons (Fsp3) is 0.286. The van der Waals surface area contributed by atoms with Crippen LogP contribution in [-0.2, 0) is 0 Å². The SMILES string of the molecule is c1ccc(-c2cc3ccccc3nc2C2CCCCC2)cc1. The fourth-order valence-corrected chi connectivity index (χ4v) is 3.67. The molecule has 4 rings (SSSR count). The van der Waals surface area contributed by atoms with Crippen LogP contribution in [0.15, 0.2) is 60.7 Å². The van der Waals surface area contributed by atoms with E-state index in [0.717, 1.165) is 5.52 Å². The number of fused-ring (bicyclic) bond motifs is 1. The van der Waals surface area contributed by atoms with Crippen molar-refractivity contribution in [2.45, 2.75) is 38.0 Å². The molecule has 0 unspecified atom stereocenters. The van der Waals surface area contributed by atoms with Gasteiger partial charge in [-0.25, -0.2) is 0 Å². The summed E-state index contributed by atoms with van der Waals surface area (Å²) in [5, 5.41) is 1.24. The lowest BCUT2D eigenvalue weighted by Crippen LogP contribution is -2.08. The van der Waals surface area contributed by atoms with Crippen LogP contribution in [0.25, 0.3) is 22.0 Å². The predicted molar refractivity (Wildman–Crippen MR) is 93.0 cm³/mol. The third-order valence-electron chi connectivity index (χ3n) is 4.83. The Kier molecular flexibility index (Phi) is 3.64. The molecule has 1 aliphatic carbocycles. The van der Waals surface area contributed by atoms with Crippen LogP contribution in [0.2, 0.25) is 0 Å². The molecule has 2 aromatic carbocycles. The number of rotatable bonds is 2. The lowest BCUT2D eigenvalue weighted by molar-refractivity contribution is 0.438. The molecular formula is C21H21N. The first-order valence-electron chi connectivity index (χ1n) is 8.37. The van der Waals surface area contributed by atoms with Gasteiger partial charge in [0.15, 0.2) is 0 Å². The van der Waals surface area contributed by atoms with Crippen LogP contribution in [-0.4, -0.2) is 4.98 Å². The highest BCUT2D eigenvalue weighted by Crippen LogP contribution is 2.38. The van der Waals surface area contributed by atoms with Crippen LogP contribution in [0, 0.1) is 0 Å². The van der Waals surface area contributed by atoms with Crippen LogP contribution in [0.4, 0.5) is 0 Å². The van der Waals surface area contributed by atoms with Crippen molar-refractivity contribution >= 4 is 10.9 Å². The quantitative estimate of drug-likeness (QED) is 0.567. The third kappa shape index (κ3) is 2.52. The number of hydrogen-bond acceptors (Lipinski definition) is 1. The highest BCUT2D eigenvalue weighted by atomic mass is 14.7. The van der Waals surface area contributed by atoms with Crippen LogP contribution < -0.4 is 0 Å². The summed E-state index contributed by atoms with van der Waals surface area (Å²) in [6.07, 6.45) is 6.63. The van der Waals surface area contributed by atoms with Crippen molar-refractivity contribution in [1.82, 2.24) is 4.98 Å². The summed E-state index contributed by atoms with van der Waals surface area (Å²) in [5.41, 5.74) is 5.06. The van der Waals surface area contributed by atoms with Gasteiger partial charge in [0.25, 0.3) is 0 Å². The second-order valence-electron chi connectivity index (χ2n) is 6.31. The molecule has 1 heterocycles. The van der Waals surface area contributed by atoms with Crippen LogP contribution in [0.3, 0.4) is 0 Å². The molecule has 22 heavy (non-hydrogen) atoms. The molecule has 0 aliphatic heterocycles. The first-order valence-corrected chi connectivity index (χ1v) is 8.37. The van der Waals surface area contributed by atoms with E-state index in [1.165, 1.54) is 54.3 Å². The monoisotopic (exact) mass is 287 g/mol. The number of benzene rings is 2. The molecule has 0 saturated heterocycles. The van der Waals surface area contributed by atoms with Gasteiger partial charge in [0.1, 0.15) is 0 Å². The van der Waals surface area contributed by atoms with Gasteiger partial charge in [0, 0.05) is 16.9 Å². The van der Waals surface area contributed by atoms with E-state index in [4.69, 9.17) is 4.98 Å². The van der Waals surface area contributed by atoms with Gasteiger partial charge in [0.2, 0.25) is 0 Å². The van der Waals surface area contributed by atoms with Crippen LogP contribution >= 0.6 is 0 Å². The molecular weight excluding hydrogens is 266 g/mol. The Morgan fingerprint density at radius 2 is 1.50 bits per heavy atom. The minimum absolute atomic E-state index is 0.619. The van der Waals surface area contributed by atoms with Crippen molar-refractivity contribution in [2.24, 2.45) is 0 Å². The fourth-order valence-electron chi connectivity index (χ4n) is 3.67. The number of nitrogens with zero attached hydrogens (tertiary/aromatic N) is 1. The summed E-state index contributed by atoms with van der Waals surface area (Å²) in [6.45, 7) is 0. The first-order chi connectivity index (χ1) is 10.9. The van der Waals surface area contributed by atoms with Gasteiger partial charge in [-0.05, 0) is 30.5 Å². The average molecular weight is 287 g/mol. The minimum atomic E-state index is 0.619. The summed E-state index contributed by atoms with van der Waals surface area (Å²) >= 11 is 0. The van der Waals surface area contributed by atoms with Crippen molar-refractivity contribution in [2.75, 3.05) is 0 Å². The summed E-state index contributed by atoms with van der Waals surface area (Å²) in [6, 6.07) is 21.6. The van der Waals surface area contributed by atoms with Gasteiger partial charge >= 0.3 is 0 Å². The molecule has 1 aromatic heterocycles. The number of hydrogen-bond donors (Lipinski definition) is 0. The topological polar surface area (TPSA) is 12.9 Å². The predicted octanol–water partition coefficient (Wildman–Crippen LogP) is 5.95. The Morgan fingerprint density at radius 1 is 0.773 bits per heavy atom. The lowest BCUT2D eigenvalue weighted by atomic mass is 9.83. The van der Waals surface area contributed by atoms with Crippen molar-refractivity contribution in [3.8, 4) is 11.1 Å². The van der Waals surface area contributed by atoms with E-state index in [0.29, 0.717) is 5.92 Å². The number of pyridine rings is 1. The van der Waals surface area contributed by atoms with Crippen LogP contribution in [0.5, 0.6) is 0 Å². The van der Waals surface area contributed by atoms with Crippen molar-refractivity contribution in [3.63, 3.8) is 0 Å². The van der Waals surface area contributed by atoms with E-state index in [2.05, 4.69) is 60.7 Å². The summed E-state index contributed by atoms with van der Waals surface area (Å²) < 4.78 is 0. The Labute approximate surface area is 132 Å². The molecule has 1 saturated carbocycles. The molecule has 0 amide bonds. The van der Waals surface area contributed by atoms with E-state index in [1.807, 2.05) is 0 Å². The third-order valence-corrected chi connectivity index (χ3v) is 4.83. The van der Waals surface area contributed by atoms with E-state index in [9.17, 15) is 0 Å². The van der Waals surface area contributed by atoms with Gasteiger partial charge < -0.3 is 0 Å². The Morgan fingerprint density at radius 3 is 2.32 bits per heavy atom. The normalized spacial score (nSPS) is 16.0. The van der Waals surface area contributed by atoms with E-state index >= 15 is 0 Å². The summed E-state index contributed by atoms with van der Waals surface area (Å²) in [7, 11) is 0. The molecule has 1 heteroatoms. The largest absolute Gasteiger partial charge is 0.252 e. The van der Waals surface area contributed by atoms with E-state index in [-0.39, 0.29) is 0 Å². The standard InChI is InChI=1S/C21H21N/c1-3-9-16(10-4-1)19-15-18-13-7-8-14-20(18)22-21(19)17-11-5-2-6-12-17/h1,3-4,7-10,13-15,17H,2,5-6,11-12H2. The molecule has 1 nitrogen and oxygen atoms in total. The van der Waals surface area contributed by atoms with Crippen molar-refractivity contribution in [1.29, 1.82) is 0 Å². The van der Waals surface area contributed by atoms with E-state index < -0.39 is 0 Å².